The number of nitrogens with two attached hydrogens (primary N) is 1. The van der Waals surface area contributed by atoms with Gasteiger partial charge in [0.2, 0.25) is 0 Å². The van der Waals surface area contributed by atoms with Crippen molar-refractivity contribution >= 4 is 23.0 Å². The first kappa shape index (κ1) is 19.4. The van der Waals surface area contributed by atoms with Crippen LogP contribution in [-0.2, 0) is 0 Å². The van der Waals surface area contributed by atoms with Crippen LogP contribution in [0.25, 0.3) is 0 Å². The predicted molar refractivity (Wildman–Crippen MR) is 114 cm³/mol. The van der Waals surface area contributed by atoms with Gasteiger partial charge in [-0.25, -0.2) is 0 Å². The molecule has 7 atom stereocenters. The normalized spacial score (nSPS) is 46.7. The van der Waals surface area contributed by atoms with E-state index in [1.807, 2.05) is 0 Å². The van der Waals surface area contributed by atoms with Crippen LogP contribution in [0.5, 0.6) is 0 Å². The van der Waals surface area contributed by atoms with Crippen LogP contribution < -0.4 is 11.2 Å². The molecule has 0 amide bonds. The van der Waals surface area contributed by atoms with Gasteiger partial charge in [-0.1, -0.05) is 19.9 Å². The molecular formula is C22H35N3OS. The van der Waals surface area contributed by atoms with Gasteiger partial charge in [0, 0.05) is 0 Å². The molecule has 0 spiro atoms. The van der Waals surface area contributed by atoms with Crippen LogP contribution in [0, 0.1) is 34.5 Å². The number of aliphatic hydroxyl groups is 1. The lowest BCUT2D eigenvalue weighted by Crippen LogP contribution is -2.53. The molecule has 0 radical (unpaired) electrons. The van der Waals surface area contributed by atoms with Crippen LogP contribution in [0.3, 0.4) is 0 Å². The number of fused-ring (bicyclic) bond motifs is 5. The summed E-state index contributed by atoms with van der Waals surface area (Å²) >= 11 is 4.90. The predicted octanol–water partition coefficient (Wildman–Crippen LogP) is 4.14. The van der Waals surface area contributed by atoms with Crippen LogP contribution in [0.2, 0.25) is 0 Å². The Bertz CT molecular complexity index is 689. The Morgan fingerprint density at radius 1 is 1.22 bits per heavy atom. The van der Waals surface area contributed by atoms with E-state index in [0.717, 1.165) is 42.2 Å². The third kappa shape index (κ3) is 3.05. The smallest absolute Gasteiger partial charge is 0.184 e. The Labute approximate surface area is 169 Å². The molecule has 4 rings (SSSR count). The molecule has 0 aromatic heterocycles. The lowest BCUT2D eigenvalue weighted by atomic mass is 9.44. The molecule has 0 aliphatic heterocycles. The Balaban J connectivity index is 1.56. The second kappa shape index (κ2) is 6.84. The van der Waals surface area contributed by atoms with E-state index in [9.17, 15) is 5.11 Å². The molecule has 3 fully saturated rings. The van der Waals surface area contributed by atoms with Crippen molar-refractivity contribution < 1.29 is 5.11 Å². The molecule has 0 heterocycles. The van der Waals surface area contributed by atoms with Gasteiger partial charge in [0.15, 0.2) is 5.11 Å². The number of rotatable bonds is 2. The van der Waals surface area contributed by atoms with Crippen molar-refractivity contribution in [3.63, 3.8) is 0 Å². The summed E-state index contributed by atoms with van der Waals surface area (Å²) in [5.74, 6) is 3.08. The Hall–Kier alpha value is -0.940. The van der Waals surface area contributed by atoms with E-state index in [1.54, 1.807) is 0 Å². The SMILES string of the molecule is C/C(=N\NC(N)=S)C1=CC[C@@H]2[C@H]3CC[C@H]4C[C@@H](O)CC[C@]4(C)[C@@H]3CC[C@]12C. The zero-order valence-electron chi connectivity index (χ0n) is 17.0. The van der Waals surface area contributed by atoms with E-state index in [1.165, 1.54) is 44.1 Å². The maximum atomic E-state index is 10.2. The summed E-state index contributed by atoms with van der Waals surface area (Å²) in [6.07, 6.45) is 12.0. The van der Waals surface area contributed by atoms with Crippen LogP contribution in [0.15, 0.2) is 16.8 Å². The minimum Gasteiger partial charge on any atom is -0.393 e. The highest BCUT2D eigenvalue weighted by Gasteiger charge is 2.58. The van der Waals surface area contributed by atoms with Gasteiger partial charge >= 0.3 is 0 Å². The number of aliphatic hydroxyl groups excluding tert-OH is 1. The highest BCUT2D eigenvalue weighted by Crippen LogP contribution is 2.66. The molecule has 4 aliphatic carbocycles. The minimum atomic E-state index is -0.0618. The molecular weight excluding hydrogens is 354 g/mol. The van der Waals surface area contributed by atoms with E-state index in [4.69, 9.17) is 18.0 Å². The van der Waals surface area contributed by atoms with Gasteiger partial charge in [-0.15, -0.1) is 0 Å². The molecule has 0 aromatic rings. The molecule has 0 bridgehead atoms. The van der Waals surface area contributed by atoms with Crippen molar-refractivity contribution in [3.8, 4) is 0 Å². The Kier molecular flexibility index (Phi) is 4.91. The number of hydrazone groups is 1. The highest BCUT2D eigenvalue weighted by atomic mass is 32.1. The molecule has 27 heavy (non-hydrogen) atoms. The summed E-state index contributed by atoms with van der Waals surface area (Å²) < 4.78 is 0. The lowest BCUT2D eigenvalue weighted by molar-refractivity contribution is -0.117. The molecule has 0 unspecified atom stereocenters. The lowest BCUT2D eigenvalue weighted by Gasteiger charge is -2.60. The maximum absolute atomic E-state index is 10.2. The van der Waals surface area contributed by atoms with E-state index >= 15 is 0 Å². The maximum Gasteiger partial charge on any atom is 0.184 e. The minimum absolute atomic E-state index is 0.0618. The fourth-order valence-corrected chi connectivity index (χ4v) is 7.61. The van der Waals surface area contributed by atoms with Gasteiger partial charge in [-0.3, -0.25) is 5.43 Å². The van der Waals surface area contributed by atoms with Crippen molar-refractivity contribution in [2.75, 3.05) is 0 Å². The first-order chi connectivity index (χ1) is 12.8. The molecule has 3 saturated carbocycles. The first-order valence-corrected chi connectivity index (χ1v) is 11.2. The van der Waals surface area contributed by atoms with Crippen LogP contribution >= 0.6 is 12.2 Å². The number of thiocarbonyl (C=S) groups is 1. The number of hydrogen-bond donors (Lipinski definition) is 3. The number of nitrogens with zero attached hydrogens (tertiary/aromatic N) is 1. The summed E-state index contributed by atoms with van der Waals surface area (Å²) in [4.78, 5) is 0. The summed E-state index contributed by atoms with van der Waals surface area (Å²) in [6.45, 7) is 7.09. The summed E-state index contributed by atoms with van der Waals surface area (Å²) in [5, 5.41) is 14.9. The zero-order chi connectivity index (χ0) is 19.4. The van der Waals surface area contributed by atoms with Crippen molar-refractivity contribution in [1.29, 1.82) is 0 Å². The molecule has 5 heteroatoms. The van der Waals surface area contributed by atoms with E-state index < -0.39 is 0 Å². The molecule has 4 nitrogen and oxygen atoms in total. The third-order valence-corrected chi connectivity index (χ3v) is 9.03. The summed E-state index contributed by atoms with van der Waals surface area (Å²) in [6, 6.07) is 0. The van der Waals surface area contributed by atoms with Crippen LogP contribution in [0.1, 0.15) is 72.1 Å². The zero-order valence-corrected chi connectivity index (χ0v) is 17.8. The monoisotopic (exact) mass is 389 g/mol. The second-order valence-electron chi connectivity index (χ2n) is 10.1. The second-order valence-corrected chi connectivity index (χ2v) is 10.5. The van der Waals surface area contributed by atoms with Crippen molar-refractivity contribution in [3.05, 3.63) is 11.6 Å². The van der Waals surface area contributed by atoms with E-state index in [2.05, 4.69) is 37.4 Å². The molecule has 0 saturated heterocycles. The fourth-order valence-electron chi connectivity index (χ4n) is 7.56. The fraction of sp³-hybridized carbons (Fsp3) is 0.818. The van der Waals surface area contributed by atoms with Crippen LogP contribution in [0.4, 0.5) is 0 Å². The average molecular weight is 390 g/mol. The number of nitrogens with one attached hydrogen (secondary N) is 1. The van der Waals surface area contributed by atoms with Gasteiger partial charge in [0.1, 0.15) is 0 Å². The summed E-state index contributed by atoms with van der Waals surface area (Å²) in [5.41, 5.74) is 11.4. The highest BCUT2D eigenvalue weighted by molar-refractivity contribution is 7.80. The molecule has 150 valence electrons. The van der Waals surface area contributed by atoms with E-state index in [-0.39, 0.29) is 16.6 Å². The summed E-state index contributed by atoms with van der Waals surface area (Å²) in [7, 11) is 0. The average Bonchev–Trinajstić information content (AvgIpc) is 2.97. The van der Waals surface area contributed by atoms with Gasteiger partial charge in [-0.2, -0.15) is 5.10 Å². The number of allylic oxidation sites excluding steroid dienone is 2. The first-order valence-electron chi connectivity index (χ1n) is 10.7. The Morgan fingerprint density at radius 3 is 2.74 bits per heavy atom. The van der Waals surface area contributed by atoms with Crippen molar-refractivity contribution in [1.82, 2.24) is 5.43 Å². The standard InChI is InChI=1S/C22H35N3OS/c1-13(24-25-20(23)27)17-6-7-18-16-5-4-14-12-15(26)8-10-21(14,2)19(16)9-11-22(17,18)3/h6,14-16,18-19,26H,4-5,7-12H2,1-3H3,(H3,23,25,27)/b24-13+/t14-,15-,16+,18+,19+,21-,22+/m0/s1. The van der Waals surface area contributed by atoms with Crippen LogP contribution in [-0.4, -0.2) is 22.0 Å². The van der Waals surface area contributed by atoms with Gasteiger partial charge < -0.3 is 10.8 Å². The van der Waals surface area contributed by atoms with Gasteiger partial charge in [-0.05, 0) is 111 Å². The van der Waals surface area contributed by atoms with Gasteiger partial charge in [0.25, 0.3) is 0 Å². The molecule has 4 aliphatic rings. The largest absolute Gasteiger partial charge is 0.393 e. The molecule has 4 N–H and O–H groups in total. The third-order valence-electron chi connectivity index (χ3n) is 8.94. The van der Waals surface area contributed by atoms with Crippen molar-refractivity contribution in [2.45, 2.75) is 78.2 Å². The topological polar surface area (TPSA) is 70.6 Å². The molecule has 0 aromatic carbocycles. The Morgan fingerprint density at radius 2 is 2.00 bits per heavy atom. The number of hydrogen-bond acceptors (Lipinski definition) is 3. The quantitative estimate of drug-likeness (QED) is 0.377. The van der Waals surface area contributed by atoms with Crippen molar-refractivity contribution in [2.24, 2.45) is 45.3 Å². The van der Waals surface area contributed by atoms with Gasteiger partial charge in [0.05, 0.1) is 11.8 Å². The van der Waals surface area contributed by atoms with E-state index in [0.29, 0.717) is 5.41 Å².